The lowest BCUT2D eigenvalue weighted by Crippen LogP contribution is -2.45. The van der Waals surface area contributed by atoms with Gasteiger partial charge >= 0.3 is 0 Å². The van der Waals surface area contributed by atoms with Crippen LogP contribution in [0.1, 0.15) is 18.4 Å². The molecule has 8 nitrogen and oxygen atoms in total. The van der Waals surface area contributed by atoms with Gasteiger partial charge in [0, 0.05) is 49.0 Å². The lowest BCUT2D eigenvalue weighted by atomic mass is 10.1. The number of aromatic nitrogens is 1. The van der Waals surface area contributed by atoms with Crippen LogP contribution in [0, 0.1) is 0 Å². The van der Waals surface area contributed by atoms with Gasteiger partial charge in [-0.1, -0.05) is 36.4 Å². The van der Waals surface area contributed by atoms with Crippen molar-refractivity contribution >= 4 is 32.6 Å². The fraction of sp³-hybridized carbons (Fsp3) is 0.231. The zero-order chi connectivity index (χ0) is 24.4. The standard InChI is InChI=1S/C26H26N4O4S/c1-27-21-9-4-3-8-20(21)22-15-18(12-13-28-22)17-29-26(31)23-10-6-14-30(23)35(32,33)25-16-19-7-2-5-11-24(19)34-25/h2-5,7-9,11-13,15-16,23,27H,6,10,14,17H2,1H3,(H,29,31)/t23-/m0/s1. The number of benzene rings is 2. The smallest absolute Gasteiger partial charge is 0.277 e. The first kappa shape index (κ1) is 23.1. The summed E-state index contributed by atoms with van der Waals surface area (Å²) in [7, 11) is -2.08. The number of rotatable bonds is 7. The van der Waals surface area contributed by atoms with Gasteiger partial charge in [-0.05, 0) is 42.7 Å². The number of sulfonamides is 1. The van der Waals surface area contributed by atoms with Gasteiger partial charge in [-0.3, -0.25) is 9.78 Å². The molecule has 0 saturated carbocycles. The van der Waals surface area contributed by atoms with Gasteiger partial charge in [0.25, 0.3) is 10.0 Å². The van der Waals surface area contributed by atoms with Crippen molar-refractivity contribution < 1.29 is 17.6 Å². The summed E-state index contributed by atoms with van der Waals surface area (Å²) in [6, 6.07) is 19.5. The highest BCUT2D eigenvalue weighted by molar-refractivity contribution is 7.89. The van der Waals surface area contributed by atoms with E-state index in [4.69, 9.17) is 4.42 Å². The lowest BCUT2D eigenvalue weighted by Gasteiger charge is -2.22. The molecule has 1 saturated heterocycles. The van der Waals surface area contributed by atoms with E-state index in [2.05, 4.69) is 15.6 Å². The Hall–Kier alpha value is -3.69. The van der Waals surface area contributed by atoms with Crippen molar-refractivity contribution in [2.75, 3.05) is 18.9 Å². The molecule has 9 heteroatoms. The summed E-state index contributed by atoms with van der Waals surface area (Å²) >= 11 is 0. The molecule has 0 bridgehead atoms. The average molecular weight is 491 g/mol. The highest BCUT2D eigenvalue weighted by Gasteiger charge is 2.41. The van der Waals surface area contributed by atoms with E-state index in [-0.39, 0.29) is 24.1 Å². The molecule has 2 N–H and O–H groups in total. The number of para-hydroxylation sites is 2. The third kappa shape index (κ3) is 4.52. The van der Waals surface area contributed by atoms with Gasteiger partial charge in [-0.2, -0.15) is 4.31 Å². The van der Waals surface area contributed by atoms with Gasteiger partial charge < -0.3 is 15.1 Å². The first-order valence-electron chi connectivity index (χ1n) is 11.5. The molecule has 35 heavy (non-hydrogen) atoms. The second-order valence-corrected chi connectivity index (χ2v) is 10.3. The van der Waals surface area contributed by atoms with E-state index in [0.717, 1.165) is 22.5 Å². The van der Waals surface area contributed by atoms with Crippen LogP contribution in [0.5, 0.6) is 0 Å². The van der Waals surface area contributed by atoms with E-state index in [9.17, 15) is 13.2 Å². The molecule has 0 radical (unpaired) electrons. The number of amides is 1. The Morgan fingerprint density at radius 2 is 1.91 bits per heavy atom. The Balaban J connectivity index is 1.31. The van der Waals surface area contributed by atoms with Crippen LogP contribution in [-0.2, 0) is 21.4 Å². The highest BCUT2D eigenvalue weighted by atomic mass is 32.2. The number of hydrogen-bond acceptors (Lipinski definition) is 6. The summed E-state index contributed by atoms with van der Waals surface area (Å²) in [5.41, 5.74) is 4.08. The zero-order valence-electron chi connectivity index (χ0n) is 19.3. The molecule has 2 aromatic carbocycles. The van der Waals surface area contributed by atoms with Crippen LogP contribution >= 0.6 is 0 Å². The molecule has 5 rings (SSSR count). The van der Waals surface area contributed by atoms with Crippen LogP contribution in [0.3, 0.4) is 0 Å². The minimum absolute atomic E-state index is 0.139. The first-order valence-corrected chi connectivity index (χ1v) is 12.9. The number of carbonyl (C=O) groups excluding carboxylic acids is 1. The number of pyridine rings is 1. The molecule has 1 amide bonds. The molecule has 1 atom stereocenters. The SMILES string of the molecule is CNc1ccccc1-c1cc(CNC(=O)[C@@H]2CCCN2S(=O)(=O)c2cc3ccccc3o2)ccn1. The monoisotopic (exact) mass is 490 g/mol. The third-order valence-corrected chi connectivity index (χ3v) is 8.00. The molecule has 1 aliphatic heterocycles. The molecule has 4 aromatic rings. The Labute approximate surface area is 204 Å². The van der Waals surface area contributed by atoms with E-state index in [1.807, 2.05) is 49.5 Å². The van der Waals surface area contributed by atoms with Crippen molar-refractivity contribution in [2.45, 2.75) is 30.5 Å². The third-order valence-electron chi connectivity index (χ3n) is 6.24. The van der Waals surface area contributed by atoms with Crippen molar-refractivity contribution in [3.05, 3.63) is 78.5 Å². The van der Waals surface area contributed by atoms with Gasteiger partial charge in [0.2, 0.25) is 11.0 Å². The summed E-state index contributed by atoms with van der Waals surface area (Å²) in [6.45, 7) is 0.544. The van der Waals surface area contributed by atoms with Gasteiger partial charge in [0.15, 0.2) is 0 Å². The number of nitrogens with zero attached hydrogens (tertiary/aromatic N) is 2. The van der Waals surface area contributed by atoms with Crippen molar-refractivity contribution in [1.82, 2.24) is 14.6 Å². The van der Waals surface area contributed by atoms with Crippen molar-refractivity contribution in [3.8, 4) is 11.3 Å². The first-order chi connectivity index (χ1) is 17.0. The summed E-state index contributed by atoms with van der Waals surface area (Å²) < 4.78 is 33.4. The number of fused-ring (bicyclic) bond motifs is 1. The quantitative estimate of drug-likeness (QED) is 0.406. The Bertz CT molecular complexity index is 1450. The second kappa shape index (κ2) is 9.52. The van der Waals surface area contributed by atoms with Crippen LogP contribution in [0.15, 0.2) is 82.4 Å². The summed E-state index contributed by atoms with van der Waals surface area (Å²) in [5, 5.41) is 6.64. The van der Waals surface area contributed by atoms with Gasteiger partial charge in [0.1, 0.15) is 11.6 Å². The van der Waals surface area contributed by atoms with Gasteiger partial charge in [-0.15, -0.1) is 0 Å². The fourth-order valence-corrected chi connectivity index (χ4v) is 6.06. The molecule has 0 unspecified atom stereocenters. The molecule has 180 valence electrons. The molecular weight excluding hydrogens is 464 g/mol. The van der Waals surface area contributed by atoms with E-state index in [1.54, 1.807) is 24.4 Å². The fourth-order valence-electron chi connectivity index (χ4n) is 4.45. The summed E-state index contributed by atoms with van der Waals surface area (Å²) in [5.74, 6) is -0.323. The average Bonchev–Trinajstić information content (AvgIpc) is 3.56. The van der Waals surface area contributed by atoms with Crippen molar-refractivity contribution in [3.63, 3.8) is 0 Å². The summed E-state index contributed by atoms with van der Waals surface area (Å²) in [6.07, 6.45) is 2.78. The predicted octanol–water partition coefficient (Wildman–Crippen LogP) is 4.01. The largest absolute Gasteiger partial charge is 0.443 e. The van der Waals surface area contributed by atoms with Crippen LogP contribution in [0.25, 0.3) is 22.2 Å². The maximum atomic E-state index is 13.3. The lowest BCUT2D eigenvalue weighted by molar-refractivity contribution is -0.124. The minimum atomic E-state index is -3.94. The number of hydrogen-bond donors (Lipinski definition) is 2. The van der Waals surface area contributed by atoms with E-state index >= 15 is 0 Å². The minimum Gasteiger partial charge on any atom is -0.443 e. The normalized spacial score (nSPS) is 16.4. The van der Waals surface area contributed by atoms with Crippen LogP contribution in [-0.4, -0.2) is 43.2 Å². The molecule has 3 heterocycles. The summed E-state index contributed by atoms with van der Waals surface area (Å²) in [4.78, 5) is 17.5. The molecule has 1 aliphatic rings. The van der Waals surface area contributed by atoms with E-state index in [0.29, 0.717) is 23.8 Å². The zero-order valence-corrected chi connectivity index (χ0v) is 20.1. The Kier molecular flexibility index (Phi) is 6.27. The van der Waals surface area contributed by atoms with Crippen LogP contribution in [0.2, 0.25) is 0 Å². The molecule has 2 aromatic heterocycles. The number of nitrogens with one attached hydrogen (secondary N) is 2. The van der Waals surface area contributed by atoms with E-state index < -0.39 is 16.1 Å². The molecule has 1 fully saturated rings. The van der Waals surface area contributed by atoms with Gasteiger partial charge in [-0.25, -0.2) is 8.42 Å². The van der Waals surface area contributed by atoms with Crippen molar-refractivity contribution in [2.24, 2.45) is 0 Å². The Morgan fingerprint density at radius 1 is 1.11 bits per heavy atom. The molecule has 0 aliphatic carbocycles. The van der Waals surface area contributed by atoms with Gasteiger partial charge in [0.05, 0.1) is 5.69 Å². The second-order valence-electron chi connectivity index (χ2n) is 8.44. The molecular formula is C26H26N4O4S. The van der Waals surface area contributed by atoms with Crippen molar-refractivity contribution in [1.29, 1.82) is 0 Å². The number of furan rings is 1. The van der Waals surface area contributed by atoms with Crippen LogP contribution < -0.4 is 10.6 Å². The predicted molar refractivity (Wildman–Crippen MR) is 134 cm³/mol. The topological polar surface area (TPSA) is 105 Å². The number of anilines is 1. The maximum absolute atomic E-state index is 13.3. The highest BCUT2D eigenvalue weighted by Crippen LogP contribution is 2.30. The van der Waals surface area contributed by atoms with E-state index in [1.165, 1.54) is 10.4 Å². The maximum Gasteiger partial charge on any atom is 0.277 e. The van der Waals surface area contributed by atoms with Crippen LogP contribution in [0.4, 0.5) is 5.69 Å². The molecule has 0 spiro atoms. The Morgan fingerprint density at radius 3 is 2.74 bits per heavy atom. The number of carbonyl (C=O) groups is 1.